The van der Waals surface area contributed by atoms with Crippen LogP contribution in [0.1, 0.15) is 51.4 Å². The first-order valence-electron chi connectivity index (χ1n) is 7.68. The van der Waals surface area contributed by atoms with Gasteiger partial charge in [0.05, 0.1) is 13.2 Å². The van der Waals surface area contributed by atoms with Crippen LogP contribution in [0, 0.1) is 5.92 Å². The Morgan fingerprint density at radius 1 is 1.10 bits per heavy atom. The van der Waals surface area contributed by atoms with Crippen LogP contribution in [0.5, 0.6) is 11.5 Å². The van der Waals surface area contributed by atoms with Crippen LogP contribution in [-0.4, -0.2) is 25.2 Å². The summed E-state index contributed by atoms with van der Waals surface area (Å²) < 4.78 is 11.0. The van der Waals surface area contributed by atoms with Gasteiger partial charge >= 0.3 is 0 Å². The van der Waals surface area contributed by atoms with E-state index >= 15 is 0 Å². The zero-order valence-electron chi connectivity index (χ0n) is 13.7. The standard InChI is InChI=1S/C17H27NO3/c1-6-20-15-9-8-14(11-16(15)21-7-2)17(19)18-13(5)10-12(3)4/h8-9,11-13H,6-7,10H2,1-5H3,(H,18,19)/t13-/m0/s1. The van der Waals surface area contributed by atoms with Gasteiger partial charge in [0, 0.05) is 11.6 Å². The van der Waals surface area contributed by atoms with Crippen LogP contribution in [0.25, 0.3) is 0 Å². The molecule has 0 saturated carbocycles. The summed E-state index contributed by atoms with van der Waals surface area (Å²) in [6, 6.07) is 5.45. The molecule has 1 rings (SSSR count). The fraction of sp³-hybridized carbons (Fsp3) is 0.588. The van der Waals surface area contributed by atoms with Gasteiger partial charge in [-0.3, -0.25) is 4.79 Å². The maximum absolute atomic E-state index is 12.3. The summed E-state index contributed by atoms with van der Waals surface area (Å²) >= 11 is 0. The van der Waals surface area contributed by atoms with Crippen molar-refractivity contribution in [2.45, 2.75) is 47.1 Å². The van der Waals surface area contributed by atoms with Crippen molar-refractivity contribution in [1.82, 2.24) is 5.32 Å². The van der Waals surface area contributed by atoms with Gasteiger partial charge in [0.25, 0.3) is 5.91 Å². The van der Waals surface area contributed by atoms with E-state index in [1.807, 2.05) is 20.8 Å². The van der Waals surface area contributed by atoms with Crippen LogP contribution in [0.2, 0.25) is 0 Å². The summed E-state index contributed by atoms with van der Waals surface area (Å²) in [4.78, 5) is 12.3. The van der Waals surface area contributed by atoms with E-state index in [-0.39, 0.29) is 11.9 Å². The summed E-state index contributed by atoms with van der Waals surface area (Å²) in [5, 5.41) is 3.01. The minimum atomic E-state index is -0.0767. The number of hydrogen-bond donors (Lipinski definition) is 1. The third-order valence-electron chi connectivity index (χ3n) is 3.01. The molecular weight excluding hydrogens is 266 g/mol. The van der Waals surface area contributed by atoms with E-state index in [0.717, 1.165) is 6.42 Å². The van der Waals surface area contributed by atoms with Crippen molar-refractivity contribution in [1.29, 1.82) is 0 Å². The minimum Gasteiger partial charge on any atom is -0.490 e. The van der Waals surface area contributed by atoms with Crippen molar-refractivity contribution >= 4 is 5.91 Å². The molecule has 0 aliphatic carbocycles. The Kier molecular flexibility index (Phi) is 7.06. The highest BCUT2D eigenvalue weighted by Gasteiger charge is 2.14. The third kappa shape index (κ3) is 5.66. The van der Waals surface area contributed by atoms with Crippen molar-refractivity contribution in [2.75, 3.05) is 13.2 Å². The molecule has 118 valence electrons. The van der Waals surface area contributed by atoms with Gasteiger partial charge in [-0.05, 0) is 51.3 Å². The molecule has 1 N–H and O–H groups in total. The Morgan fingerprint density at radius 3 is 2.29 bits per heavy atom. The van der Waals surface area contributed by atoms with Crippen LogP contribution < -0.4 is 14.8 Å². The molecule has 21 heavy (non-hydrogen) atoms. The highest BCUT2D eigenvalue weighted by atomic mass is 16.5. The molecule has 0 aromatic heterocycles. The predicted octanol–water partition coefficient (Wildman–Crippen LogP) is 3.65. The van der Waals surface area contributed by atoms with Crippen molar-refractivity contribution in [3.05, 3.63) is 23.8 Å². The SMILES string of the molecule is CCOc1ccc(C(=O)N[C@@H](C)CC(C)C)cc1OCC. The Hall–Kier alpha value is -1.71. The van der Waals surface area contributed by atoms with E-state index in [0.29, 0.717) is 36.2 Å². The zero-order chi connectivity index (χ0) is 15.8. The van der Waals surface area contributed by atoms with E-state index < -0.39 is 0 Å². The Bertz CT molecular complexity index is 457. The molecular formula is C17H27NO3. The molecule has 0 saturated heterocycles. The van der Waals surface area contributed by atoms with Crippen LogP contribution in [-0.2, 0) is 0 Å². The molecule has 4 nitrogen and oxygen atoms in total. The van der Waals surface area contributed by atoms with E-state index in [1.165, 1.54) is 0 Å². The number of benzene rings is 1. The van der Waals surface area contributed by atoms with Crippen LogP contribution in [0.3, 0.4) is 0 Å². The first-order chi connectivity index (χ1) is 9.97. The summed E-state index contributed by atoms with van der Waals surface area (Å²) in [5.74, 6) is 1.77. The number of amides is 1. The van der Waals surface area contributed by atoms with Gasteiger partial charge in [0.15, 0.2) is 11.5 Å². The van der Waals surface area contributed by atoms with Gasteiger partial charge in [0.1, 0.15) is 0 Å². The lowest BCUT2D eigenvalue weighted by atomic mass is 10.0. The normalized spacial score (nSPS) is 12.1. The lowest BCUT2D eigenvalue weighted by Gasteiger charge is -2.17. The molecule has 1 amide bonds. The Labute approximate surface area is 127 Å². The Balaban J connectivity index is 2.82. The van der Waals surface area contributed by atoms with Crippen LogP contribution in [0.15, 0.2) is 18.2 Å². The summed E-state index contributed by atoms with van der Waals surface area (Å²) in [6.07, 6.45) is 0.959. The maximum Gasteiger partial charge on any atom is 0.251 e. The smallest absolute Gasteiger partial charge is 0.251 e. The van der Waals surface area contributed by atoms with E-state index in [1.54, 1.807) is 18.2 Å². The van der Waals surface area contributed by atoms with E-state index in [2.05, 4.69) is 19.2 Å². The molecule has 1 aromatic rings. The Morgan fingerprint density at radius 2 is 1.71 bits per heavy atom. The molecule has 0 aliphatic heterocycles. The maximum atomic E-state index is 12.3. The van der Waals surface area contributed by atoms with Crippen molar-refractivity contribution in [3.8, 4) is 11.5 Å². The van der Waals surface area contributed by atoms with E-state index in [4.69, 9.17) is 9.47 Å². The molecule has 1 aromatic carbocycles. The number of ether oxygens (including phenoxy) is 2. The number of carbonyl (C=O) groups excluding carboxylic acids is 1. The second-order valence-corrected chi connectivity index (χ2v) is 5.53. The fourth-order valence-corrected chi connectivity index (χ4v) is 2.27. The lowest BCUT2D eigenvalue weighted by Crippen LogP contribution is -2.33. The van der Waals surface area contributed by atoms with Gasteiger partial charge in [0.2, 0.25) is 0 Å². The fourth-order valence-electron chi connectivity index (χ4n) is 2.27. The average molecular weight is 293 g/mol. The average Bonchev–Trinajstić information content (AvgIpc) is 2.40. The zero-order valence-corrected chi connectivity index (χ0v) is 13.7. The second kappa shape index (κ2) is 8.55. The van der Waals surface area contributed by atoms with Gasteiger partial charge in [-0.15, -0.1) is 0 Å². The highest BCUT2D eigenvalue weighted by Crippen LogP contribution is 2.28. The van der Waals surface area contributed by atoms with Gasteiger partial charge < -0.3 is 14.8 Å². The van der Waals surface area contributed by atoms with Crippen LogP contribution >= 0.6 is 0 Å². The molecule has 1 atom stereocenters. The molecule has 0 fully saturated rings. The van der Waals surface area contributed by atoms with Gasteiger partial charge in [-0.2, -0.15) is 0 Å². The number of nitrogens with one attached hydrogen (secondary N) is 1. The molecule has 0 aliphatic rings. The molecule has 0 bridgehead atoms. The molecule has 4 heteroatoms. The van der Waals surface area contributed by atoms with Crippen molar-refractivity contribution < 1.29 is 14.3 Å². The van der Waals surface area contributed by atoms with Crippen molar-refractivity contribution in [2.24, 2.45) is 5.92 Å². The summed E-state index contributed by atoms with van der Waals surface area (Å²) in [6.45, 7) is 11.2. The van der Waals surface area contributed by atoms with Crippen molar-refractivity contribution in [3.63, 3.8) is 0 Å². The second-order valence-electron chi connectivity index (χ2n) is 5.53. The lowest BCUT2D eigenvalue weighted by molar-refractivity contribution is 0.0935. The molecule has 0 unspecified atom stereocenters. The predicted molar refractivity (Wildman–Crippen MR) is 85.2 cm³/mol. The molecule has 0 radical (unpaired) electrons. The quantitative estimate of drug-likeness (QED) is 0.796. The van der Waals surface area contributed by atoms with Gasteiger partial charge in [-0.25, -0.2) is 0 Å². The summed E-state index contributed by atoms with van der Waals surface area (Å²) in [7, 11) is 0. The first kappa shape index (κ1) is 17.3. The largest absolute Gasteiger partial charge is 0.490 e. The number of hydrogen-bond acceptors (Lipinski definition) is 3. The molecule has 0 spiro atoms. The summed E-state index contributed by atoms with van der Waals surface area (Å²) in [5.41, 5.74) is 0.595. The highest BCUT2D eigenvalue weighted by molar-refractivity contribution is 5.95. The van der Waals surface area contributed by atoms with Gasteiger partial charge in [-0.1, -0.05) is 13.8 Å². The monoisotopic (exact) mass is 293 g/mol. The first-order valence-corrected chi connectivity index (χ1v) is 7.68. The molecule has 0 heterocycles. The minimum absolute atomic E-state index is 0.0767. The number of rotatable bonds is 8. The number of carbonyl (C=O) groups is 1. The van der Waals surface area contributed by atoms with Crippen LogP contribution in [0.4, 0.5) is 0 Å². The third-order valence-corrected chi connectivity index (χ3v) is 3.01. The van der Waals surface area contributed by atoms with E-state index in [9.17, 15) is 4.79 Å². The topological polar surface area (TPSA) is 47.6 Å².